The van der Waals surface area contributed by atoms with Crippen molar-refractivity contribution in [3.05, 3.63) is 23.8 Å². The molecule has 1 aliphatic carbocycles. The van der Waals surface area contributed by atoms with E-state index < -0.39 is 0 Å². The van der Waals surface area contributed by atoms with E-state index in [2.05, 4.69) is 4.99 Å². The molecule has 0 spiro atoms. The van der Waals surface area contributed by atoms with Gasteiger partial charge in [-0.15, -0.1) is 0 Å². The van der Waals surface area contributed by atoms with Crippen molar-refractivity contribution < 1.29 is 14.3 Å². The topological polar surface area (TPSA) is 47.9 Å². The number of aliphatic imine (C=N–C) groups is 1. The molecular formula is C13H15NO3. The zero-order valence-electron chi connectivity index (χ0n) is 9.81. The van der Waals surface area contributed by atoms with Crippen LogP contribution in [-0.4, -0.2) is 19.3 Å². The minimum Gasteiger partial charge on any atom is -0.493 e. The SMILES string of the molecule is COc1cc(CN=C=O)ccc1OC1CCC1. The van der Waals surface area contributed by atoms with Crippen molar-refractivity contribution in [2.45, 2.75) is 31.9 Å². The van der Waals surface area contributed by atoms with E-state index >= 15 is 0 Å². The van der Waals surface area contributed by atoms with E-state index in [0.717, 1.165) is 24.2 Å². The highest BCUT2D eigenvalue weighted by Gasteiger charge is 2.20. The minimum absolute atomic E-state index is 0.322. The molecule has 0 aliphatic heterocycles. The maximum Gasteiger partial charge on any atom is 0.235 e. The second kappa shape index (κ2) is 5.51. The lowest BCUT2D eigenvalue weighted by molar-refractivity contribution is 0.116. The summed E-state index contributed by atoms with van der Waals surface area (Å²) < 4.78 is 11.1. The van der Waals surface area contributed by atoms with E-state index in [1.54, 1.807) is 7.11 Å². The summed E-state index contributed by atoms with van der Waals surface area (Å²) in [6, 6.07) is 5.60. The van der Waals surface area contributed by atoms with Crippen molar-refractivity contribution in [1.29, 1.82) is 0 Å². The molecule has 0 aromatic heterocycles. The Morgan fingerprint density at radius 2 is 2.24 bits per heavy atom. The molecule has 4 heteroatoms. The molecule has 17 heavy (non-hydrogen) atoms. The zero-order chi connectivity index (χ0) is 12.1. The van der Waals surface area contributed by atoms with Gasteiger partial charge in [-0.05, 0) is 37.0 Å². The van der Waals surface area contributed by atoms with Crippen LogP contribution < -0.4 is 9.47 Å². The first-order valence-corrected chi connectivity index (χ1v) is 5.70. The Morgan fingerprint density at radius 1 is 1.41 bits per heavy atom. The fraction of sp³-hybridized carbons (Fsp3) is 0.462. The highest BCUT2D eigenvalue weighted by Crippen LogP contribution is 2.33. The molecule has 1 aromatic rings. The van der Waals surface area contributed by atoms with E-state index in [4.69, 9.17) is 9.47 Å². The molecule has 0 amide bonds. The van der Waals surface area contributed by atoms with Gasteiger partial charge in [-0.2, -0.15) is 0 Å². The van der Waals surface area contributed by atoms with Crippen LogP contribution >= 0.6 is 0 Å². The molecular weight excluding hydrogens is 218 g/mol. The maximum atomic E-state index is 10.0. The van der Waals surface area contributed by atoms with Crippen LogP contribution in [0.5, 0.6) is 11.5 Å². The number of hydrogen-bond acceptors (Lipinski definition) is 4. The number of hydrogen-bond donors (Lipinski definition) is 0. The average Bonchev–Trinajstić information content (AvgIpc) is 2.31. The van der Waals surface area contributed by atoms with Crippen molar-refractivity contribution in [3.63, 3.8) is 0 Å². The summed E-state index contributed by atoms with van der Waals surface area (Å²) in [5.74, 6) is 1.45. The quantitative estimate of drug-likeness (QED) is 0.579. The first-order valence-electron chi connectivity index (χ1n) is 5.70. The van der Waals surface area contributed by atoms with Gasteiger partial charge in [0.25, 0.3) is 0 Å². The lowest BCUT2D eigenvalue weighted by Gasteiger charge is -2.27. The Hall–Kier alpha value is -1.80. The number of isocyanates is 1. The number of methoxy groups -OCH3 is 1. The third-order valence-electron chi connectivity index (χ3n) is 2.90. The van der Waals surface area contributed by atoms with Crippen LogP contribution in [0.3, 0.4) is 0 Å². The first kappa shape index (κ1) is 11.7. The van der Waals surface area contributed by atoms with Gasteiger partial charge in [-0.25, -0.2) is 9.79 Å². The van der Waals surface area contributed by atoms with Gasteiger partial charge in [0.2, 0.25) is 6.08 Å². The molecule has 1 aromatic carbocycles. The molecule has 1 fully saturated rings. The Kier molecular flexibility index (Phi) is 3.78. The number of rotatable bonds is 5. The van der Waals surface area contributed by atoms with E-state index in [1.807, 2.05) is 18.2 Å². The second-order valence-corrected chi connectivity index (χ2v) is 4.06. The molecule has 0 heterocycles. The Balaban J connectivity index is 2.12. The van der Waals surface area contributed by atoms with E-state index in [9.17, 15) is 4.79 Å². The predicted octanol–water partition coefficient (Wildman–Crippen LogP) is 2.46. The van der Waals surface area contributed by atoms with Crippen LogP contribution in [0.2, 0.25) is 0 Å². The van der Waals surface area contributed by atoms with Crippen molar-refractivity contribution in [3.8, 4) is 11.5 Å². The van der Waals surface area contributed by atoms with E-state index in [0.29, 0.717) is 18.4 Å². The lowest BCUT2D eigenvalue weighted by atomic mass is 9.96. The van der Waals surface area contributed by atoms with Gasteiger partial charge < -0.3 is 9.47 Å². The maximum absolute atomic E-state index is 10.0. The predicted molar refractivity (Wildman–Crippen MR) is 63.1 cm³/mol. The van der Waals surface area contributed by atoms with Crippen LogP contribution in [0.15, 0.2) is 23.2 Å². The van der Waals surface area contributed by atoms with Crippen molar-refractivity contribution >= 4 is 6.08 Å². The summed E-state index contributed by atoms with van der Waals surface area (Å²) in [7, 11) is 1.61. The highest BCUT2D eigenvalue weighted by molar-refractivity contribution is 5.43. The average molecular weight is 233 g/mol. The van der Waals surface area contributed by atoms with Gasteiger partial charge in [0.15, 0.2) is 11.5 Å². The van der Waals surface area contributed by atoms with Crippen LogP contribution in [-0.2, 0) is 11.3 Å². The third kappa shape index (κ3) is 2.86. The van der Waals surface area contributed by atoms with Gasteiger partial charge >= 0.3 is 0 Å². The Labute approximate surface area is 100 Å². The molecule has 0 N–H and O–H groups in total. The molecule has 1 aliphatic rings. The molecule has 4 nitrogen and oxygen atoms in total. The molecule has 0 bridgehead atoms. The van der Waals surface area contributed by atoms with Gasteiger partial charge in [0.1, 0.15) is 0 Å². The molecule has 0 saturated heterocycles. The number of carbonyl (C=O) groups excluding carboxylic acids is 1. The summed E-state index contributed by atoms with van der Waals surface area (Å²) in [5, 5.41) is 0. The fourth-order valence-corrected chi connectivity index (χ4v) is 1.70. The minimum atomic E-state index is 0.322. The fourth-order valence-electron chi connectivity index (χ4n) is 1.70. The number of benzene rings is 1. The summed E-state index contributed by atoms with van der Waals surface area (Å²) in [4.78, 5) is 13.6. The van der Waals surface area contributed by atoms with Gasteiger partial charge in [0, 0.05) is 0 Å². The zero-order valence-corrected chi connectivity index (χ0v) is 9.81. The molecule has 0 unspecified atom stereocenters. The summed E-state index contributed by atoms with van der Waals surface area (Å²) in [6.07, 6.45) is 5.30. The lowest BCUT2D eigenvalue weighted by Crippen LogP contribution is -2.24. The standard InChI is InChI=1S/C13H15NO3/c1-16-13-7-10(8-14-9-15)5-6-12(13)17-11-3-2-4-11/h5-7,11H,2-4,8H2,1H3. The number of ether oxygens (including phenoxy) is 2. The van der Waals surface area contributed by atoms with E-state index in [1.165, 1.54) is 12.5 Å². The van der Waals surface area contributed by atoms with Gasteiger partial charge in [0.05, 0.1) is 19.8 Å². The first-order chi connectivity index (χ1) is 8.33. The van der Waals surface area contributed by atoms with Crippen LogP contribution in [0, 0.1) is 0 Å². The molecule has 1 saturated carbocycles. The normalized spacial score (nSPS) is 14.6. The van der Waals surface area contributed by atoms with Gasteiger partial charge in [-0.1, -0.05) is 6.07 Å². The number of nitrogens with zero attached hydrogens (tertiary/aromatic N) is 1. The summed E-state index contributed by atoms with van der Waals surface area (Å²) in [6.45, 7) is 0.323. The van der Waals surface area contributed by atoms with Crippen molar-refractivity contribution in [2.24, 2.45) is 4.99 Å². The van der Waals surface area contributed by atoms with Crippen LogP contribution in [0.25, 0.3) is 0 Å². The van der Waals surface area contributed by atoms with Crippen molar-refractivity contribution in [1.82, 2.24) is 0 Å². The molecule has 2 rings (SSSR count). The largest absolute Gasteiger partial charge is 0.493 e. The molecule has 90 valence electrons. The summed E-state index contributed by atoms with van der Waals surface area (Å²) in [5.41, 5.74) is 0.908. The van der Waals surface area contributed by atoms with Crippen LogP contribution in [0.1, 0.15) is 24.8 Å². The third-order valence-corrected chi connectivity index (χ3v) is 2.90. The highest BCUT2D eigenvalue weighted by atomic mass is 16.5. The molecule has 0 atom stereocenters. The van der Waals surface area contributed by atoms with E-state index in [-0.39, 0.29) is 0 Å². The smallest absolute Gasteiger partial charge is 0.235 e. The van der Waals surface area contributed by atoms with Crippen molar-refractivity contribution in [2.75, 3.05) is 7.11 Å². The summed E-state index contributed by atoms with van der Waals surface area (Å²) >= 11 is 0. The second-order valence-electron chi connectivity index (χ2n) is 4.06. The molecule has 0 radical (unpaired) electrons. The Morgan fingerprint density at radius 3 is 2.82 bits per heavy atom. The Bertz CT molecular complexity index is 434. The monoisotopic (exact) mass is 233 g/mol. The van der Waals surface area contributed by atoms with Gasteiger partial charge in [-0.3, -0.25) is 0 Å². The van der Waals surface area contributed by atoms with Crippen LogP contribution in [0.4, 0.5) is 0 Å².